The number of likely N-dealkylation sites (N-methyl/N-ethyl adjacent to an activating group) is 1. The van der Waals surface area contributed by atoms with Crippen molar-refractivity contribution in [3.63, 3.8) is 0 Å². The smallest absolute Gasteiger partial charge is 0.314 e. The second-order valence-electron chi connectivity index (χ2n) is 6.65. The molecule has 1 aliphatic rings. The van der Waals surface area contributed by atoms with E-state index >= 15 is 0 Å². The van der Waals surface area contributed by atoms with Crippen LogP contribution < -0.4 is 0 Å². The van der Waals surface area contributed by atoms with Gasteiger partial charge in [0.1, 0.15) is 6.61 Å². The predicted octanol–water partition coefficient (Wildman–Crippen LogP) is 4.43. The van der Waals surface area contributed by atoms with Crippen molar-refractivity contribution in [3.8, 4) is 0 Å². The number of rotatable bonds is 7. The summed E-state index contributed by atoms with van der Waals surface area (Å²) in [6.07, 6.45) is 7.71. The van der Waals surface area contributed by atoms with E-state index in [1.807, 2.05) is 30.3 Å². The zero-order valence-electron chi connectivity index (χ0n) is 15.0. The Labute approximate surface area is 152 Å². The molecule has 2 unspecified atom stereocenters. The number of nitrogens with zero attached hydrogens (tertiary/aromatic N) is 1. The van der Waals surface area contributed by atoms with Crippen molar-refractivity contribution in [1.29, 1.82) is 0 Å². The summed E-state index contributed by atoms with van der Waals surface area (Å²) in [5, 5.41) is 0. The Kier molecular flexibility index (Phi) is 9.09. The van der Waals surface area contributed by atoms with Gasteiger partial charge in [0.25, 0.3) is 0 Å². The van der Waals surface area contributed by atoms with Crippen molar-refractivity contribution < 1.29 is 9.53 Å². The first-order chi connectivity index (χ1) is 11.1. The number of carbonyl (C=O) groups is 1. The van der Waals surface area contributed by atoms with Gasteiger partial charge in [-0.1, -0.05) is 42.5 Å². The molecule has 0 spiro atoms. The maximum Gasteiger partial charge on any atom is 0.314 e. The van der Waals surface area contributed by atoms with Crippen LogP contribution in [0, 0.1) is 5.92 Å². The molecule has 1 aliphatic carbocycles. The highest BCUT2D eigenvalue weighted by atomic mass is 35.5. The Morgan fingerprint density at radius 3 is 2.58 bits per heavy atom. The fourth-order valence-electron chi connectivity index (χ4n) is 2.97. The molecule has 0 aliphatic heterocycles. The normalized spacial score (nSPS) is 18.3. The number of allylic oxidation sites excluding steroid dienone is 2. The van der Waals surface area contributed by atoms with Gasteiger partial charge in [-0.15, -0.1) is 12.4 Å². The molecule has 0 saturated carbocycles. The molecule has 1 aromatic rings. The summed E-state index contributed by atoms with van der Waals surface area (Å²) in [6, 6.07) is 10.5. The molecular formula is C20H30ClNO2. The van der Waals surface area contributed by atoms with Crippen molar-refractivity contribution >= 4 is 18.4 Å². The van der Waals surface area contributed by atoms with Crippen LogP contribution in [0.1, 0.15) is 44.6 Å². The molecule has 0 amide bonds. The van der Waals surface area contributed by atoms with Gasteiger partial charge in [-0.3, -0.25) is 4.79 Å². The number of hydrogen-bond acceptors (Lipinski definition) is 3. The van der Waals surface area contributed by atoms with Crippen molar-refractivity contribution in [3.05, 3.63) is 48.0 Å². The zero-order valence-corrected chi connectivity index (χ0v) is 15.8. The molecule has 2 atom stereocenters. The summed E-state index contributed by atoms with van der Waals surface area (Å²) >= 11 is 0. The lowest BCUT2D eigenvalue weighted by Crippen LogP contribution is -2.32. The largest absolute Gasteiger partial charge is 0.464 e. The molecule has 1 aromatic carbocycles. The fraction of sp³-hybridized carbons (Fsp3) is 0.550. The highest BCUT2D eigenvalue weighted by Gasteiger charge is 2.30. The number of hydrogen-bond donors (Lipinski definition) is 0. The maximum atomic E-state index is 12.7. The molecule has 24 heavy (non-hydrogen) atoms. The number of esters is 1. The molecule has 0 fully saturated rings. The second kappa shape index (κ2) is 10.5. The van der Waals surface area contributed by atoms with Crippen molar-refractivity contribution in [2.24, 2.45) is 5.92 Å². The first-order valence-corrected chi connectivity index (χ1v) is 8.68. The van der Waals surface area contributed by atoms with Gasteiger partial charge in [0.05, 0.1) is 5.92 Å². The SMILES string of the molecule is CC(C)N(C)CCOC(=O)C(c1ccccc1)C1C=CCCC1.Cl. The Bertz CT molecular complexity index is 516. The summed E-state index contributed by atoms with van der Waals surface area (Å²) in [5.74, 6) is -0.0245. The van der Waals surface area contributed by atoms with E-state index < -0.39 is 0 Å². The van der Waals surface area contributed by atoms with E-state index in [-0.39, 0.29) is 30.2 Å². The average Bonchev–Trinajstić information content (AvgIpc) is 2.57. The standard InChI is InChI=1S/C20H29NO2.ClH/c1-16(2)21(3)14-15-23-20(22)19(17-10-6-4-7-11-17)18-12-8-5-9-13-18;/h4,6-8,10-12,16,18-19H,5,9,13-15H2,1-3H3;1H. The van der Waals surface area contributed by atoms with Gasteiger partial charge in [-0.25, -0.2) is 0 Å². The lowest BCUT2D eigenvalue weighted by atomic mass is 9.80. The molecule has 0 heterocycles. The first-order valence-electron chi connectivity index (χ1n) is 8.68. The van der Waals surface area contributed by atoms with Gasteiger partial charge in [-0.05, 0) is 51.6 Å². The van der Waals surface area contributed by atoms with Crippen LogP contribution in [-0.4, -0.2) is 37.1 Å². The Morgan fingerprint density at radius 1 is 1.29 bits per heavy atom. The summed E-state index contributed by atoms with van der Waals surface area (Å²) in [6.45, 7) is 5.50. The van der Waals surface area contributed by atoms with Gasteiger partial charge in [-0.2, -0.15) is 0 Å². The van der Waals surface area contributed by atoms with Crippen LogP contribution in [0.4, 0.5) is 0 Å². The molecule has 0 radical (unpaired) electrons. The van der Waals surface area contributed by atoms with Crippen LogP contribution in [0.3, 0.4) is 0 Å². The van der Waals surface area contributed by atoms with E-state index in [0.717, 1.165) is 31.4 Å². The Morgan fingerprint density at radius 2 is 2.00 bits per heavy atom. The minimum atomic E-state index is -0.183. The predicted molar refractivity (Wildman–Crippen MR) is 102 cm³/mol. The van der Waals surface area contributed by atoms with Gasteiger partial charge in [0, 0.05) is 12.6 Å². The van der Waals surface area contributed by atoms with E-state index in [4.69, 9.17) is 4.74 Å². The summed E-state index contributed by atoms with van der Waals surface area (Å²) in [4.78, 5) is 14.9. The molecule has 2 rings (SSSR count). The third-order valence-electron chi connectivity index (χ3n) is 4.70. The number of benzene rings is 1. The highest BCUT2D eigenvalue weighted by Crippen LogP contribution is 2.33. The van der Waals surface area contributed by atoms with Gasteiger partial charge >= 0.3 is 5.97 Å². The summed E-state index contributed by atoms with van der Waals surface area (Å²) < 4.78 is 5.62. The average molecular weight is 352 g/mol. The summed E-state index contributed by atoms with van der Waals surface area (Å²) in [7, 11) is 2.05. The zero-order chi connectivity index (χ0) is 16.7. The van der Waals surface area contributed by atoms with Crippen LogP contribution in [0.25, 0.3) is 0 Å². The second-order valence-corrected chi connectivity index (χ2v) is 6.65. The van der Waals surface area contributed by atoms with Crippen LogP contribution in [0.5, 0.6) is 0 Å². The van der Waals surface area contributed by atoms with E-state index in [2.05, 4.69) is 37.9 Å². The molecule has 4 heteroatoms. The molecule has 134 valence electrons. The van der Waals surface area contributed by atoms with Gasteiger partial charge in [0.2, 0.25) is 0 Å². The maximum absolute atomic E-state index is 12.7. The molecule has 3 nitrogen and oxygen atoms in total. The van der Waals surface area contributed by atoms with Crippen LogP contribution in [-0.2, 0) is 9.53 Å². The number of ether oxygens (including phenoxy) is 1. The molecule has 0 N–H and O–H groups in total. The van der Waals surface area contributed by atoms with Crippen LogP contribution in [0.2, 0.25) is 0 Å². The molecule has 0 aromatic heterocycles. The molecule has 0 saturated heterocycles. The summed E-state index contributed by atoms with van der Waals surface area (Å²) in [5.41, 5.74) is 1.06. The van der Waals surface area contributed by atoms with Crippen molar-refractivity contribution in [2.75, 3.05) is 20.2 Å². The van der Waals surface area contributed by atoms with E-state index in [9.17, 15) is 4.79 Å². The van der Waals surface area contributed by atoms with Crippen molar-refractivity contribution in [1.82, 2.24) is 4.90 Å². The molecular weight excluding hydrogens is 322 g/mol. The van der Waals surface area contributed by atoms with Crippen LogP contribution in [0.15, 0.2) is 42.5 Å². The Balaban J connectivity index is 0.00000288. The lowest BCUT2D eigenvalue weighted by Gasteiger charge is -2.26. The van der Waals surface area contributed by atoms with E-state index in [1.165, 1.54) is 0 Å². The van der Waals surface area contributed by atoms with Gasteiger partial charge in [0.15, 0.2) is 0 Å². The molecule has 0 bridgehead atoms. The topological polar surface area (TPSA) is 29.5 Å². The van der Waals surface area contributed by atoms with Crippen LogP contribution >= 0.6 is 12.4 Å². The fourth-order valence-corrected chi connectivity index (χ4v) is 2.97. The minimum absolute atomic E-state index is 0. The minimum Gasteiger partial charge on any atom is -0.464 e. The monoisotopic (exact) mass is 351 g/mol. The van der Waals surface area contributed by atoms with Crippen molar-refractivity contribution in [2.45, 2.75) is 45.1 Å². The first kappa shape index (κ1) is 20.7. The Hall–Kier alpha value is -1.32. The lowest BCUT2D eigenvalue weighted by molar-refractivity contribution is -0.147. The third kappa shape index (κ3) is 5.95. The quantitative estimate of drug-likeness (QED) is 0.537. The third-order valence-corrected chi connectivity index (χ3v) is 4.70. The highest BCUT2D eigenvalue weighted by molar-refractivity contribution is 5.85. The van der Waals surface area contributed by atoms with E-state index in [1.54, 1.807) is 0 Å². The van der Waals surface area contributed by atoms with E-state index in [0.29, 0.717) is 12.6 Å². The number of carbonyl (C=O) groups excluding carboxylic acids is 1. The van der Waals surface area contributed by atoms with Gasteiger partial charge < -0.3 is 9.64 Å². The number of halogens is 1.